The molecule has 0 aromatic carbocycles. The maximum Gasteiger partial charge on any atom is 0.0756 e. The molecule has 0 aliphatic heterocycles. The first-order valence-corrected chi connectivity index (χ1v) is 4.98. The normalized spacial score (nSPS) is 10.8. The number of rotatable bonds is 2. The fourth-order valence-electron chi connectivity index (χ4n) is 1.74. The lowest BCUT2D eigenvalue weighted by molar-refractivity contribution is 0.936. The topological polar surface area (TPSA) is 35.1 Å². The summed E-state index contributed by atoms with van der Waals surface area (Å²) < 4.78 is 3.57. The zero-order valence-electron chi connectivity index (χ0n) is 8.61. The Morgan fingerprint density at radius 1 is 1.19 bits per heavy atom. The summed E-state index contributed by atoms with van der Waals surface area (Å²) >= 11 is 0. The van der Waals surface area contributed by atoms with E-state index in [1.807, 2.05) is 35.0 Å². The van der Waals surface area contributed by atoms with Gasteiger partial charge in [0.05, 0.1) is 23.6 Å². The molecule has 0 radical (unpaired) electrons. The Balaban J connectivity index is 2.24. The van der Waals surface area contributed by atoms with Crippen molar-refractivity contribution in [1.82, 2.24) is 19.4 Å². The van der Waals surface area contributed by atoms with Crippen molar-refractivity contribution in [2.45, 2.75) is 0 Å². The minimum Gasteiger partial charge on any atom is -0.248 e. The highest BCUT2D eigenvalue weighted by Crippen LogP contribution is 2.19. The Kier molecular flexibility index (Phi) is 1.86. The van der Waals surface area contributed by atoms with Crippen LogP contribution in [-0.4, -0.2) is 19.4 Å². The van der Waals surface area contributed by atoms with E-state index in [0.29, 0.717) is 0 Å². The molecule has 78 valence electrons. The average Bonchev–Trinajstić information content (AvgIpc) is 2.97. The smallest absolute Gasteiger partial charge is 0.0756 e. The van der Waals surface area contributed by atoms with Crippen molar-refractivity contribution in [3.8, 4) is 11.3 Å². The molecule has 0 aliphatic carbocycles. The summed E-state index contributed by atoms with van der Waals surface area (Å²) in [5.41, 5.74) is 3.12. The van der Waals surface area contributed by atoms with Crippen molar-refractivity contribution < 1.29 is 0 Å². The van der Waals surface area contributed by atoms with Crippen molar-refractivity contribution in [3.63, 3.8) is 0 Å². The van der Waals surface area contributed by atoms with Crippen LogP contribution in [0, 0.1) is 0 Å². The van der Waals surface area contributed by atoms with Crippen LogP contribution in [0.5, 0.6) is 0 Å². The van der Waals surface area contributed by atoms with Gasteiger partial charge in [-0.25, -0.2) is 9.20 Å². The first kappa shape index (κ1) is 8.91. The molecular weight excluding hydrogens is 200 g/mol. The number of pyridine rings is 1. The van der Waals surface area contributed by atoms with Crippen LogP contribution in [-0.2, 0) is 0 Å². The number of aromatic nitrogens is 4. The summed E-state index contributed by atoms with van der Waals surface area (Å²) in [5, 5.41) is 8.44. The van der Waals surface area contributed by atoms with Gasteiger partial charge >= 0.3 is 0 Å². The standard InChI is InChI=1S/C12H10N4/c1-2-15-9-10(8-14-15)12-5-3-4-11-6-7-13-16(11)12/h2-9H,1H2. The summed E-state index contributed by atoms with van der Waals surface area (Å²) in [6.07, 6.45) is 7.17. The highest BCUT2D eigenvalue weighted by Gasteiger charge is 2.05. The van der Waals surface area contributed by atoms with E-state index in [4.69, 9.17) is 0 Å². The summed E-state index contributed by atoms with van der Waals surface area (Å²) in [6, 6.07) is 8.03. The van der Waals surface area contributed by atoms with Crippen molar-refractivity contribution in [2.24, 2.45) is 0 Å². The third-order valence-electron chi connectivity index (χ3n) is 2.51. The number of hydrogen-bond donors (Lipinski definition) is 0. The third-order valence-corrected chi connectivity index (χ3v) is 2.51. The summed E-state index contributed by atoms with van der Waals surface area (Å²) in [5.74, 6) is 0. The first-order chi connectivity index (χ1) is 7.88. The first-order valence-electron chi connectivity index (χ1n) is 4.98. The lowest BCUT2D eigenvalue weighted by Gasteiger charge is -2.00. The van der Waals surface area contributed by atoms with Gasteiger partial charge in [0.1, 0.15) is 0 Å². The van der Waals surface area contributed by atoms with Crippen molar-refractivity contribution in [2.75, 3.05) is 0 Å². The lowest BCUT2D eigenvalue weighted by Crippen LogP contribution is -1.91. The van der Waals surface area contributed by atoms with Gasteiger partial charge in [-0.05, 0) is 18.2 Å². The van der Waals surface area contributed by atoms with E-state index in [1.165, 1.54) is 0 Å². The second kappa shape index (κ2) is 3.34. The molecular formula is C12H10N4. The van der Waals surface area contributed by atoms with Gasteiger partial charge in [0.25, 0.3) is 0 Å². The van der Waals surface area contributed by atoms with Gasteiger partial charge in [-0.2, -0.15) is 10.2 Å². The number of hydrogen-bond acceptors (Lipinski definition) is 2. The summed E-state index contributed by atoms with van der Waals surface area (Å²) in [7, 11) is 0. The second-order valence-electron chi connectivity index (χ2n) is 3.47. The second-order valence-corrected chi connectivity index (χ2v) is 3.47. The van der Waals surface area contributed by atoms with Gasteiger partial charge in [-0.15, -0.1) is 0 Å². The maximum atomic E-state index is 4.28. The zero-order valence-corrected chi connectivity index (χ0v) is 8.61. The quantitative estimate of drug-likeness (QED) is 0.650. The van der Waals surface area contributed by atoms with Gasteiger partial charge in [0.15, 0.2) is 0 Å². The summed E-state index contributed by atoms with van der Waals surface area (Å²) in [4.78, 5) is 0. The van der Waals surface area contributed by atoms with Crippen LogP contribution in [0.2, 0.25) is 0 Å². The maximum absolute atomic E-state index is 4.28. The Hall–Kier alpha value is -2.36. The highest BCUT2D eigenvalue weighted by atomic mass is 15.3. The largest absolute Gasteiger partial charge is 0.248 e. The third kappa shape index (κ3) is 1.24. The van der Waals surface area contributed by atoms with Crippen LogP contribution < -0.4 is 0 Å². The van der Waals surface area contributed by atoms with Gasteiger partial charge in [-0.3, -0.25) is 0 Å². The van der Waals surface area contributed by atoms with Crippen LogP contribution in [0.4, 0.5) is 0 Å². The molecule has 0 saturated carbocycles. The molecule has 0 fully saturated rings. The van der Waals surface area contributed by atoms with Crippen LogP contribution >= 0.6 is 0 Å². The molecule has 16 heavy (non-hydrogen) atoms. The summed E-state index contributed by atoms with van der Waals surface area (Å²) in [6.45, 7) is 3.67. The van der Waals surface area contributed by atoms with E-state index in [-0.39, 0.29) is 0 Å². The fraction of sp³-hybridized carbons (Fsp3) is 0. The predicted octanol–water partition coefficient (Wildman–Crippen LogP) is 2.30. The van der Waals surface area contributed by atoms with Gasteiger partial charge < -0.3 is 0 Å². The molecule has 0 saturated heterocycles. The molecule has 3 aromatic rings. The minimum atomic E-state index is 1.02. The Morgan fingerprint density at radius 2 is 2.12 bits per heavy atom. The zero-order chi connectivity index (χ0) is 11.0. The highest BCUT2D eigenvalue weighted by molar-refractivity contribution is 5.63. The Bertz CT molecular complexity index is 648. The van der Waals surface area contributed by atoms with E-state index in [1.54, 1.807) is 23.3 Å². The van der Waals surface area contributed by atoms with Crippen molar-refractivity contribution >= 4 is 11.7 Å². The molecule has 3 heterocycles. The van der Waals surface area contributed by atoms with Gasteiger partial charge in [0.2, 0.25) is 0 Å². The number of fused-ring (bicyclic) bond motifs is 1. The molecule has 0 spiro atoms. The predicted molar refractivity (Wildman–Crippen MR) is 62.8 cm³/mol. The molecule has 0 amide bonds. The average molecular weight is 210 g/mol. The molecule has 4 nitrogen and oxygen atoms in total. The molecule has 0 aliphatic rings. The van der Waals surface area contributed by atoms with Crippen LogP contribution in [0.1, 0.15) is 0 Å². The van der Waals surface area contributed by atoms with Crippen molar-refractivity contribution in [3.05, 3.63) is 49.4 Å². The monoisotopic (exact) mass is 210 g/mol. The Morgan fingerprint density at radius 3 is 2.94 bits per heavy atom. The van der Waals surface area contributed by atoms with Crippen molar-refractivity contribution in [1.29, 1.82) is 0 Å². The minimum absolute atomic E-state index is 1.02. The Labute approximate surface area is 92.4 Å². The van der Waals surface area contributed by atoms with E-state index < -0.39 is 0 Å². The van der Waals surface area contributed by atoms with Crippen LogP contribution in [0.25, 0.3) is 23.0 Å². The van der Waals surface area contributed by atoms with Crippen LogP contribution in [0.3, 0.4) is 0 Å². The van der Waals surface area contributed by atoms with E-state index in [0.717, 1.165) is 16.8 Å². The fourth-order valence-corrected chi connectivity index (χ4v) is 1.74. The van der Waals surface area contributed by atoms with E-state index in [2.05, 4.69) is 16.8 Å². The lowest BCUT2D eigenvalue weighted by atomic mass is 10.2. The molecule has 0 atom stereocenters. The van der Waals surface area contributed by atoms with Gasteiger partial charge in [0, 0.05) is 18.0 Å². The molecule has 0 bridgehead atoms. The molecule has 4 heteroatoms. The number of nitrogens with zero attached hydrogens (tertiary/aromatic N) is 4. The van der Waals surface area contributed by atoms with E-state index >= 15 is 0 Å². The molecule has 0 unspecified atom stereocenters. The van der Waals surface area contributed by atoms with Crippen LogP contribution in [0.15, 0.2) is 49.4 Å². The van der Waals surface area contributed by atoms with Gasteiger partial charge in [-0.1, -0.05) is 12.6 Å². The molecule has 0 N–H and O–H groups in total. The SMILES string of the molecule is C=Cn1cc(-c2cccc3ccnn23)cn1. The van der Waals surface area contributed by atoms with E-state index in [9.17, 15) is 0 Å². The molecule has 3 rings (SSSR count). The molecule has 3 aromatic heterocycles.